The van der Waals surface area contributed by atoms with Gasteiger partial charge in [0.05, 0.1) is 0 Å². The molecule has 2 heterocycles. The van der Waals surface area contributed by atoms with E-state index in [9.17, 15) is 9.59 Å². The summed E-state index contributed by atoms with van der Waals surface area (Å²) in [6.07, 6.45) is 2.59. The third-order valence-corrected chi connectivity index (χ3v) is 4.37. The lowest BCUT2D eigenvalue weighted by Gasteiger charge is -2.58. The van der Waals surface area contributed by atoms with Gasteiger partial charge in [-0.15, -0.1) is 0 Å². The van der Waals surface area contributed by atoms with E-state index in [0.29, 0.717) is 24.7 Å². The molecule has 8 heteroatoms. The molecule has 3 rings (SSSR count). The molecule has 3 N–H and O–H groups in total. The van der Waals surface area contributed by atoms with Crippen molar-refractivity contribution in [1.82, 2.24) is 14.9 Å². The molecule has 2 aliphatic rings. The molecule has 0 aromatic carbocycles. The molecule has 1 saturated heterocycles. The van der Waals surface area contributed by atoms with Crippen molar-refractivity contribution in [2.45, 2.75) is 39.2 Å². The van der Waals surface area contributed by atoms with Gasteiger partial charge < -0.3 is 20.7 Å². The number of amides is 2. The van der Waals surface area contributed by atoms with Crippen molar-refractivity contribution in [3.05, 3.63) is 12.4 Å². The zero-order chi connectivity index (χ0) is 17.5. The number of likely N-dealkylation sites (tertiary alicyclic amines) is 1. The zero-order valence-electron chi connectivity index (χ0n) is 14.2. The minimum Gasteiger partial charge on any atom is -0.444 e. The van der Waals surface area contributed by atoms with Crippen LogP contribution in [0.2, 0.25) is 0 Å². The number of aromatic nitrogens is 2. The second-order valence-corrected chi connectivity index (χ2v) is 7.76. The van der Waals surface area contributed by atoms with E-state index in [-0.39, 0.29) is 23.3 Å². The molecule has 24 heavy (non-hydrogen) atoms. The predicted molar refractivity (Wildman–Crippen MR) is 88.0 cm³/mol. The fraction of sp³-hybridized carbons (Fsp3) is 0.625. The first-order chi connectivity index (χ1) is 11.2. The van der Waals surface area contributed by atoms with Gasteiger partial charge in [0.25, 0.3) is 0 Å². The molecule has 8 nitrogen and oxygen atoms in total. The highest BCUT2D eigenvalue weighted by Crippen LogP contribution is 2.52. The average Bonchev–Trinajstić information content (AvgIpc) is 2.32. The van der Waals surface area contributed by atoms with Gasteiger partial charge in [-0.2, -0.15) is 0 Å². The summed E-state index contributed by atoms with van der Waals surface area (Å²) in [5.41, 5.74) is 5.15. The fourth-order valence-corrected chi connectivity index (χ4v) is 3.32. The number of anilines is 2. The molecule has 130 valence electrons. The van der Waals surface area contributed by atoms with Crippen LogP contribution in [0.3, 0.4) is 0 Å². The summed E-state index contributed by atoms with van der Waals surface area (Å²) in [4.78, 5) is 33.6. The molecule has 2 fully saturated rings. The summed E-state index contributed by atoms with van der Waals surface area (Å²) in [6.45, 7) is 6.87. The van der Waals surface area contributed by atoms with Crippen molar-refractivity contribution in [1.29, 1.82) is 0 Å². The van der Waals surface area contributed by atoms with Gasteiger partial charge in [0, 0.05) is 30.5 Å². The average molecular weight is 333 g/mol. The standard InChI is InChI=1S/C16H23N5O3/c1-15(2,3)24-14(23)21-7-16(8-21)5-10(6-16)13(22)20-12-4-11(17)18-9-19-12/h4,9-10H,5-8H2,1-3H3,(H3,17,18,19,20,22). The quantitative estimate of drug-likeness (QED) is 0.851. The van der Waals surface area contributed by atoms with Gasteiger partial charge in [-0.05, 0) is 33.6 Å². The highest BCUT2D eigenvalue weighted by Gasteiger charge is 2.56. The second kappa shape index (κ2) is 5.61. The number of hydrogen-bond donors (Lipinski definition) is 2. The van der Waals surface area contributed by atoms with Crippen molar-refractivity contribution in [2.75, 3.05) is 24.1 Å². The van der Waals surface area contributed by atoms with Gasteiger partial charge in [-0.1, -0.05) is 0 Å². The molecule has 0 unspecified atom stereocenters. The number of nitrogens with zero attached hydrogens (tertiary/aromatic N) is 3. The van der Waals surface area contributed by atoms with Crippen LogP contribution in [-0.2, 0) is 9.53 Å². The SMILES string of the molecule is CC(C)(C)OC(=O)N1CC2(CC(C(=O)Nc3cc(N)ncn3)C2)C1. The fourth-order valence-electron chi connectivity index (χ4n) is 3.32. The highest BCUT2D eigenvalue weighted by molar-refractivity contribution is 5.92. The molecular weight excluding hydrogens is 310 g/mol. The normalized spacial score (nSPS) is 19.4. The number of carbonyl (C=O) groups is 2. The minimum atomic E-state index is -0.485. The number of nitrogens with two attached hydrogens (primary N) is 1. The maximum atomic E-state index is 12.2. The summed E-state index contributed by atoms with van der Waals surface area (Å²) in [5.74, 6) is 0.617. The van der Waals surface area contributed by atoms with Crippen molar-refractivity contribution in [3.63, 3.8) is 0 Å². The van der Waals surface area contributed by atoms with Gasteiger partial charge in [-0.25, -0.2) is 14.8 Å². The first-order valence-electron chi connectivity index (χ1n) is 8.02. The van der Waals surface area contributed by atoms with E-state index in [1.54, 1.807) is 4.90 Å². The third-order valence-electron chi connectivity index (χ3n) is 4.37. The molecule has 1 spiro atoms. The summed E-state index contributed by atoms with van der Waals surface area (Å²) in [7, 11) is 0. The molecule has 1 aliphatic carbocycles. The van der Waals surface area contributed by atoms with Crippen molar-refractivity contribution >= 4 is 23.6 Å². The number of hydrogen-bond acceptors (Lipinski definition) is 6. The molecule has 1 aromatic rings. The molecule has 2 amide bonds. The van der Waals surface area contributed by atoms with E-state index in [4.69, 9.17) is 10.5 Å². The summed E-state index contributed by atoms with van der Waals surface area (Å²) in [5, 5.41) is 2.76. The Morgan fingerprint density at radius 3 is 2.58 bits per heavy atom. The predicted octanol–water partition coefficient (Wildman–Crippen LogP) is 1.64. The van der Waals surface area contributed by atoms with Gasteiger partial charge >= 0.3 is 6.09 Å². The van der Waals surface area contributed by atoms with Gasteiger partial charge in [-0.3, -0.25) is 4.79 Å². The maximum Gasteiger partial charge on any atom is 0.410 e. The third kappa shape index (κ3) is 3.42. The molecule has 0 bridgehead atoms. The zero-order valence-corrected chi connectivity index (χ0v) is 14.2. The monoisotopic (exact) mass is 333 g/mol. The molecule has 0 radical (unpaired) electrons. The van der Waals surface area contributed by atoms with Crippen LogP contribution in [0.5, 0.6) is 0 Å². The number of nitrogen functional groups attached to an aromatic ring is 1. The van der Waals surface area contributed by atoms with Crippen LogP contribution in [0, 0.1) is 11.3 Å². The van der Waals surface area contributed by atoms with Crippen molar-refractivity contribution in [2.24, 2.45) is 11.3 Å². The van der Waals surface area contributed by atoms with Gasteiger partial charge in [0.2, 0.25) is 5.91 Å². The Morgan fingerprint density at radius 1 is 1.33 bits per heavy atom. The van der Waals surface area contributed by atoms with Crippen LogP contribution in [0.15, 0.2) is 12.4 Å². The van der Waals surface area contributed by atoms with Crippen molar-refractivity contribution < 1.29 is 14.3 Å². The lowest BCUT2D eigenvalue weighted by atomic mass is 9.57. The molecule has 1 saturated carbocycles. The largest absolute Gasteiger partial charge is 0.444 e. The lowest BCUT2D eigenvalue weighted by Crippen LogP contribution is -2.65. The first kappa shape index (κ1) is 16.5. The number of carbonyl (C=O) groups excluding carboxylic acids is 2. The van der Waals surface area contributed by atoms with E-state index in [1.165, 1.54) is 12.4 Å². The molecular formula is C16H23N5O3. The summed E-state index contributed by atoms with van der Waals surface area (Å²) >= 11 is 0. The Labute approximate surface area is 140 Å². The number of nitrogens with one attached hydrogen (secondary N) is 1. The van der Waals surface area contributed by atoms with Crippen LogP contribution in [0.4, 0.5) is 16.4 Å². The van der Waals surface area contributed by atoms with E-state index < -0.39 is 5.60 Å². The van der Waals surface area contributed by atoms with E-state index in [0.717, 1.165) is 12.8 Å². The Balaban J connectivity index is 1.45. The van der Waals surface area contributed by atoms with Crippen LogP contribution in [0.1, 0.15) is 33.6 Å². The Kier molecular flexibility index (Phi) is 3.85. The molecule has 1 aliphatic heterocycles. The highest BCUT2D eigenvalue weighted by atomic mass is 16.6. The second-order valence-electron chi connectivity index (χ2n) is 7.76. The maximum absolute atomic E-state index is 12.2. The molecule has 0 atom stereocenters. The first-order valence-corrected chi connectivity index (χ1v) is 8.02. The van der Waals surface area contributed by atoms with Crippen LogP contribution >= 0.6 is 0 Å². The van der Waals surface area contributed by atoms with E-state index in [1.807, 2.05) is 20.8 Å². The van der Waals surface area contributed by atoms with Gasteiger partial charge in [0.15, 0.2) is 0 Å². The number of ether oxygens (including phenoxy) is 1. The number of rotatable bonds is 2. The summed E-state index contributed by atoms with van der Waals surface area (Å²) < 4.78 is 5.35. The van der Waals surface area contributed by atoms with Crippen LogP contribution in [0.25, 0.3) is 0 Å². The topological polar surface area (TPSA) is 110 Å². The van der Waals surface area contributed by atoms with Gasteiger partial charge in [0.1, 0.15) is 23.6 Å². The van der Waals surface area contributed by atoms with Crippen LogP contribution in [-0.4, -0.2) is 45.6 Å². The smallest absolute Gasteiger partial charge is 0.410 e. The van der Waals surface area contributed by atoms with Crippen LogP contribution < -0.4 is 11.1 Å². The van der Waals surface area contributed by atoms with Crippen molar-refractivity contribution in [3.8, 4) is 0 Å². The van der Waals surface area contributed by atoms with E-state index >= 15 is 0 Å². The van der Waals surface area contributed by atoms with E-state index in [2.05, 4.69) is 15.3 Å². The molecule has 1 aromatic heterocycles. The Morgan fingerprint density at radius 2 is 2.00 bits per heavy atom. The lowest BCUT2D eigenvalue weighted by molar-refractivity contribution is -0.137. The minimum absolute atomic E-state index is 0.0537. The Bertz CT molecular complexity index is 656. The summed E-state index contributed by atoms with van der Waals surface area (Å²) in [6, 6.07) is 1.53. The Hall–Kier alpha value is -2.38.